The van der Waals surface area contributed by atoms with E-state index in [9.17, 15) is 13.2 Å². The van der Waals surface area contributed by atoms with E-state index in [2.05, 4.69) is 0 Å². The molecule has 0 saturated carbocycles. The second-order valence-electron chi connectivity index (χ2n) is 6.23. The molecule has 0 spiro atoms. The van der Waals surface area contributed by atoms with Crippen LogP contribution in [0.5, 0.6) is 5.75 Å². The molecule has 0 N–H and O–H groups in total. The minimum Gasteiger partial charge on any atom is -0.379 e. The van der Waals surface area contributed by atoms with Crippen molar-refractivity contribution in [2.45, 2.75) is 38.5 Å². The summed E-state index contributed by atoms with van der Waals surface area (Å²) in [5.74, 6) is 0.339. The Balaban J connectivity index is 2.27. The summed E-state index contributed by atoms with van der Waals surface area (Å²) in [4.78, 5) is 14.0. The van der Waals surface area contributed by atoms with Crippen molar-refractivity contribution in [1.82, 2.24) is 4.90 Å². The predicted molar refractivity (Wildman–Crippen MR) is 102 cm³/mol. The van der Waals surface area contributed by atoms with Crippen LogP contribution < -0.4 is 4.18 Å². The zero-order chi connectivity index (χ0) is 19.3. The van der Waals surface area contributed by atoms with Gasteiger partial charge >= 0.3 is 10.1 Å². The zero-order valence-corrected chi connectivity index (χ0v) is 16.4. The molecule has 6 heteroatoms. The number of hydrogen-bond acceptors (Lipinski definition) is 4. The minimum atomic E-state index is -3.97. The molecule has 0 saturated heterocycles. The fourth-order valence-corrected chi connectivity index (χ4v) is 3.61. The van der Waals surface area contributed by atoms with E-state index < -0.39 is 10.1 Å². The Hall–Kier alpha value is -2.34. The first-order valence-corrected chi connectivity index (χ1v) is 10.1. The summed E-state index contributed by atoms with van der Waals surface area (Å²) >= 11 is 0. The largest absolute Gasteiger partial charge is 0.379 e. The van der Waals surface area contributed by atoms with E-state index in [0.29, 0.717) is 24.4 Å². The van der Waals surface area contributed by atoms with Crippen LogP contribution in [-0.2, 0) is 10.1 Å². The highest BCUT2D eigenvalue weighted by Crippen LogP contribution is 2.28. The average Bonchev–Trinajstić information content (AvgIpc) is 2.62. The molecular formula is C20H25NO4S. The molecule has 0 radical (unpaired) electrons. The van der Waals surface area contributed by atoms with Crippen molar-refractivity contribution in [2.24, 2.45) is 0 Å². The Morgan fingerprint density at radius 2 is 1.58 bits per heavy atom. The Kier molecular flexibility index (Phi) is 6.42. The van der Waals surface area contributed by atoms with Crippen LogP contribution in [0.25, 0.3) is 0 Å². The highest BCUT2D eigenvalue weighted by molar-refractivity contribution is 7.87. The van der Waals surface area contributed by atoms with Crippen molar-refractivity contribution in [2.75, 3.05) is 13.1 Å². The molecule has 0 atom stereocenters. The summed E-state index contributed by atoms with van der Waals surface area (Å²) in [6, 6.07) is 12.9. The van der Waals surface area contributed by atoms with Gasteiger partial charge in [-0.1, -0.05) is 32.0 Å². The first kappa shape index (κ1) is 20.0. The summed E-state index contributed by atoms with van der Waals surface area (Å²) < 4.78 is 30.5. The zero-order valence-electron chi connectivity index (χ0n) is 15.6. The van der Waals surface area contributed by atoms with Crippen LogP contribution in [0, 0.1) is 0 Å². The Morgan fingerprint density at radius 1 is 1.00 bits per heavy atom. The molecular weight excluding hydrogens is 350 g/mol. The van der Waals surface area contributed by atoms with E-state index in [4.69, 9.17) is 4.18 Å². The van der Waals surface area contributed by atoms with Crippen molar-refractivity contribution < 1.29 is 17.4 Å². The Bertz CT molecular complexity index is 854. The molecule has 140 valence electrons. The number of amides is 1. The molecule has 0 aliphatic heterocycles. The molecule has 0 aromatic heterocycles. The lowest BCUT2D eigenvalue weighted by Gasteiger charge is -2.18. The number of para-hydroxylation sites is 1. The smallest absolute Gasteiger partial charge is 0.339 e. The molecule has 0 heterocycles. The van der Waals surface area contributed by atoms with Crippen LogP contribution >= 0.6 is 0 Å². The maximum absolute atomic E-state index is 12.6. The summed E-state index contributed by atoms with van der Waals surface area (Å²) in [6.45, 7) is 8.96. The minimum absolute atomic E-state index is 0.0205. The molecule has 0 aliphatic carbocycles. The lowest BCUT2D eigenvalue weighted by Crippen LogP contribution is -2.30. The number of hydrogen-bond donors (Lipinski definition) is 0. The van der Waals surface area contributed by atoms with Gasteiger partial charge in [-0.3, -0.25) is 4.79 Å². The van der Waals surface area contributed by atoms with Gasteiger partial charge in [0.15, 0.2) is 0 Å². The lowest BCUT2D eigenvalue weighted by atomic mass is 10.0. The van der Waals surface area contributed by atoms with E-state index in [0.717, 1.165) is 5.56 Å². The van der Waals surface area contributed by atoms with E-state index in [1.165, 1.54) is 24.3 Å². The normalized spacial score (nSPS) is 11.4. The van der Waals surface area contributed by atoms with E-state index >= 15 is 0 Å². The molecule has 2 rings (SSSR count). The number of nitrogens with zero attached hydrogens (tertiary/aromatic N) is 1. The average molecular weight is 375 g/mol. The van der Waals surface area contributed by atoms with Gasteiger partial charge in [-0.25, -0.2) is 0 Å². The second kappa shape index (κ2) is 8.36. The third kappa shape index (κ3) is 4.43. The van der Waals surface area contributed by atoms with Gasteiger partial charge in [-0.15, -0.1) is 0 Å². The third-order valence-electron chi connectivity index (χ3n) is 4.18. The molecule has 2 aromatic rings. The maximum Gasteiger partial charge on any atom is 0.339 e. The molecule has 1 amide bonds. The molecule has 0 bridgehead atoms. The second-order valence-corrected chi connectivity index (χ2v) is 7.78. The number of carbonyl (C=O) groups excluding carboxylic acids is 1. The van der Waals surface area contributed by atoms with Gasteiger partial charge in [-0.05, 0) is 55.7 Å². The van der Waals surface area contributed by atoms with Crippen molar-refractivity contribution in [3.8, 4) is 5.75 Å². The molecule has 0 unspecified atom stereocenters. The van der Waals surface area contributed by atoms with Gasteiger partial charge in [0.2, 0.25) is 0 Å². The van der Waals surface area contributed by atoms with Gasteiger partial charge in [0.05, 0.1) is 0 Å². The molecule has 0 aliphatic rings. The molecule has 5 nitrogen and oxygen atoms in total. The quantitative estimate of drug-likeness (QED) is 0.685. The lowest BCUT2D eigenvalue weighted by molar-refractivity contribution is 0.0773. The SMILES string of the molecule is CCN(CC)C(=O)c1ccc(S(=O)(=O)Oc2ccccc2C(C)C)cc1. The van der Waals surface area contributed by atoms with E-state index in [1.54, 1.807) is 17.0 Å². The highest BCUT2D eigenvalue weighted by Gasteiger charge is 2.20. The Labute approximate surface area is 155 Å². The van der Waals surface area contributed by atoms with Crippen molar-refractivity contribution in [3.63, 3.8) is 0 Å². The van der Waals surface area contributed by atoms with Crippen LogP contribution in [0.3, 0.4) is 0 Å². The van der Waals surface area contributed by atoms with Gasteiger partial charge in [0, 0.05) is 18.7 Å². The number of rotatable bonds is 7. The summed E-state index contributed by atoms with van der Waals surface area (Å²) in [6.07, 6.45) is 0. The fourth-order valence-electron chi connectivity index (χ4n) is 2.66. The molecule has 26 heavy (non-hydrogen) atoms. The van der Waals surface area contributed by atoms with Crippen LogP contribution in [0.15, 0.2) is 53.4 Å². The van der Waals surface area contributed by atoms with Crippen molar-refractivity contribution in [3.05, 3.63) is 59.7 Å². The number of benzene rings is 2. The van der Waals surface area contributed by atoms with Crippen LogP contribution in [0.4, 0.5) is 0 Å². The van der Waals surface area contributed by atoms with Crippen molar-refractivity contribution >= 4 is 16.0 Å². The molecule has 0 fully saturated rings. The Morgan fingerprint density at radius 3 is 2.12 bits per heavy atom. The molecule has 2 aromatic carbocycles. The van der Waals surface area contributed by atoms with E-state index in [-0.39, 0.29) is 16.7 Å². The van der Waals surface area contributed by atoms with Crippen molar-refractivity contribution in [1.29, 1.82) is 0 Å². The maximum atomic E-state index is 12.6. The monoisotopic (exact) mass is 375 g/mol. The summed E-state index contributed by atoms with van der Waals surface area (Å²) in [5, 5.41) is 0. The number of carbonyl (C=O) groups is 1. The summed E-state index contributed by atoms with van der Waals surface area (Å²) in [5.41, 5.74) is 1.28. The predicted octanol–water partition coefficient (Wildman–Crippen LogP) is 4.06. The van der Waals surface area contributed by atoms with Gasteiger partial charge in [-0.2, -0.15) is 8.42 Å². The standard InChI is InChI=1S/C20H25NO4S/c1-5-21(6-2)20(22)16-11-13-17(14-12-16)26(23,24)25-19-10-8-7-9-18(19)15(3)4/h7-15H,5-6H2,1-4H3. The highest BCUT2D eigenvalue weighted by atomic mass is 32.2. The summed E-state index contributed by atoms with van der Waals surface area (Å²) in [7, 11) is -3.97. The van der Waals surface area contributed by atoms with Crippen LogP contribution in [0.2, 0.25) is 0 Å². The topological polar surface area (TPSA) is 63.7 Å². The fraction of sp³-hybridized carbons (Fsp3) is 0.350. The first-order chi connectivity index (χ1) is 12.3. The van der Waals surface area contributed by atoms with Crippen LogP contribution in [0.1, 0.15) is 49.5 Å². The first-order valence-electron chi connectivity index (χ1n) is 8.72. The third-order valence-corrected chi connectivity index (χ3v) is 5.43. The van der Waals surface area contributed by atoms with E-state index in [1.807, 2.05) is 39.8 Å². The van der Waals surface area contributed by atoms with Gasteiger partial charge in [0.1, 0.15) is 10.6 Å². The van der Waals surface area contributed by atoms with Gasteiger partial charge < -0.3 is 9.08 Å². The van der Waals surface area contributed by atoms with Crippen LogP contribution in [-0.4, -0.2) is 32.3 Å². The van der Waals surface area contributed by atoms with Gasteiger partial charge in [0.25, 0.3) is 5.91 Å².